The van der Waals surface area contributed by atoms with Crippen LogP contribution in [0.1, 0.15) is 16.7 Å². The molecule has 0 atom stereocenters. The van der Waals surface area contributed by atoms with E-state index in [0.717, 1.165) is 5.56 Å². The van der Waals surface area contributed by atoms with Crippen molar-refractivity contribution in [3.8, 4) is 11.5 Å². The highest BCUT2D eigenvalue weighted by Crippen LogP contribution is 2.25. The number of nitrogens with two attached hydrogens (primary N) is 1. The Morgan fingerprint density at radius 3 is 2.26 bits per heavy atom. The van der Waals surface area contributed by atoms with Gasteiger partial charge in [0.2, 0.25) is 0 Å². The number of nitro benzene ring substituents is 1. The number of ether oxygens (including phenoxy) is 1. The second-order valence-electron chi connectivity index (χ2n) is 6.59. The predicted octanol–water partition coefficient (Wildman–Crippen LogP) is 5.17. The fourth-order valence-corrected chi connectivity index (χ4v) is 2.76. The van der Waals surface area contributed by atoms with Crippen molar-refractivity contribution >= 4 is 11.4 Å². The number of rotatable bonds is 8. The third-order valence-electron chi connectivity index (χ3n) is 4.32. The SMILES string of the molecule is Nc1ccc(O)c(CCF)c1.O=[N+]([O-])c1ccc(OCc2ccccc2)c(CCF)c1. The molecule has 3 N–H and O–H groups in total. The van der Waals surface area contributed by atoms with Gasteiger partial charge in [0.05, 0.1) is 18.3 Å². The number of halogens is 2. The maximum atomic E-state index is 12.5. The summed E-state index contributed by atoms with van der Waals surface area (Å²) in [7, 11) is 0. The first-order valence-corrected chi connectivity index (χ1v) is 9.58. The summed E-state index contributed by atoms with van der Waals surface area (Å²) in [5.41, 5.74) is 7.97. The number of phenols is 1. The lowest BCUT2D eigenvalue weighted by molar-refractivity contribution is -0.384. The van der Waals surface area contributed by atoms with E-state index in [1.165, 1.54) is 24.3 Å². The van der Waals surface area contributed by atoms with Crippen LogP contribution in [0.2, 0.25) is 0 Å². The van der Waals surface area contributed by atoms with Crippen LogP contribution in [0.4, 0.5) is 20.2 Å². The van der Waals surface area contributed by atoms with Crippen LogP contribution < -0.4 is 10.5 Å². The first-order chi connectivity index (χ1) is 14.9. The average molecular weight is 430 g/mol. The zero-order valence-electron chi connectivity index (χ0n) is 16.8. The number of alkyl halides is 2. The number of phenolic OH excluding ortho intramolecular Hbond substituents is 1. The van der Waals surface area contributed by atoms with E-state index in [0.29, 0.717) is 29.2 Å². The minimum Gasteiger partial charge on any atom is -0.508 e. The second kappa shape index (κ2) is 12.1. The van der Waals surface area contributed by atoms with Gasteiger partial charge in [-0.15, -0.1) is 0 Å². The number of nitrogen functional groups attached to an aromatic ring is 1. The quantitative estimate of drug-likeness (QED) is 0.222. The fraction of sp³-hybridized carbons (Fsp3) is 0.217. The third-order valence-corrected chi connectivity index (χ3v) is 4.32. The number of hydrogen-bond donors (Lipinski definition) is 2. The maximum absolute atomic E-state index is 12.5. The van der Waals surface area contributed by atoms with Crippen molar-refractivity contribution in [3.05, 3.63) is 93.5 Å². The Balaban J connectivity index is 0.000000262. The van der Waals surface area contributed by atoms with E-state index in [4.69, 9.17) is 15.6 Å². The molecule has 0 fully saturated rings. The van der Waals surface area contributed by atoms with Gasteiger partial charge in [0.15, 0.2) is 0 Å². The molecule has 0 saturated carbocycles. The average Bonchev–Trinajstić information content (AvgIpc) is 2.77. The lowest BCUT2D eigenvalue weighted by Crippen LogP contribution is -2.00. The summed E-state index contributed by atoms with van der Waals surface area (Å²) in [5.74, 6) is 0.592. The molecule has 0 heterocycles. The van der Waals surface area contributed by atoms with E-state index in [9.17, 15) is 18.9 Å². The van der Waals surface area contributed by atoms with Crippen LogP contribution in [-0.4, -0.2) is 23.4 Å². The topological polar surface area (TPSA) is 98.6 Å². The number of aromatic hydroxyl groups is 1. The molecule has 0 saturated heterocycles. The van der Waals surface area contributed by atoms with Crippen molar-refractivity contribution in [3.63, 3.8) is 0 Å². The molecule has 0 unspecified atom stereocenters. The van der Waals surface area contributed by atoms with Gasteiger partial charge < -0.3 is 15.6 Å². The van der Waals surface area contributed by atoms with E-state index in [2.05, 4.69) is 0 Å². The van der Waals surface area contributed by atoms with Crippen molar-refractivity contribution in [2.75, 3.05) is 19.1 Å². The van der Waals surface area contributed by atoms with Gasteiger partial charge in [-0.05, 0) is 35.4 Å². The first-order valence-electron chi connectivity index (χ1n) is 9.58. The van der Waals surface area contributed by atoms with Crippen molar-refractivity contribution in [2.45, 2.75) is 19.4 Å². The van der Waals surface area contributed by atoms with E-state index in [1.807, 2.05) is 30.3 Å². The molecule has 164 valence electrons. The van der Waals surface area contributed by atoms with Gasteiger partial charge in [0.1, 0.15) is 18.1 Å². The smallest absolute Gasteiger partial charge is 0.269 e. The Bertz CT molecular complexity index is 985. The minimum atomic E-state index is -0.580. The number of nitro groups is 1. The summed E-state index contributed by atoms with van der Waals surface area (Å²) < 4.78 is 30.0. The monoisotopic (exact) mass is 430 g/mol. The number of hydrogen-bond acceptors (Lipinski definition) is 5. The van der Waals surface area contributed by atoms with Gasteiger partial charge in [0, 0.05) is 36.2 Å². The van der Waals surface area contributed by atoms with Crippen LogP contribution in [-0.2, 0) is 19.4 Å². The summed E-state index contributed by atoms with van der Waals surface area (Å²) in [6.45, 7) is -0.711. The molecule has 31 heavy (non-hydrogen) atoms. The lowest BCUT2D eigenvalue weighted by atomic mass is 10.1. The summed E-state index contributed by atoms with van der Waals surface area (Å²) in [6.07, 6.45) is 0.322. The zero-order chi connectivity index (χ0) is 22.6. The van der Waals surface area contributed by atoms with Gasteiger partial charge in [-0.2, -0.15) is 0 Å². The van der Waals surface area contributed by atoms with Gasteiger partial charge in [-0.3, -0.25) is 18.9 Å². The predicted molar refractivity (Wildman–Crippen MR) is 116 cm³/mol. The largest absolute Gasteiger partial charge is 0.508 e. The van der Waals surface area contributed by atoms with E-state index >= 15 is 0 Å². The molecule has 0 amide bonds. The van der Waals surface area contributed by atoms with Crippen LogP contribution in [0.25, 0.3) is 0 Å². The minimum absolute atomic E-state index is 0.0551. The lowest BCUT2D eigenvalue weighted by Gasteiger charge is -2.10. The molecule has 0 bridgehead atoms. The molecule has 0 spiro atoms. The number of aryl methyl sites for hydroxylation is 2. The van der Waals surface area contributed by atoms with Crippen LogP contribution >= 0.6 is 0 Å². The molecule has 6 nitrogen and oxygen atoms in total. The summed E-state index contributed by atoms with van der Waals surface area (Å²) in [4.78, 5) is 10.2. The van der Waals surface area contributed by atoms with Gasteiger partial charge in [0.25, 0.3) is 5.69 Å². The Morgan fingerprint density at radius 1 is 0.935 bits per heavy atom. The highest BCUT2D eigenvalue weighted by atomic mass is 19.1. The molecule has 3 aromatic rings. The highest BCUT2D eigenvalue weighted by Gasteiger charge is 2.12. The number of anilines is 1. The summed E-state index contributed by atoms with van der Waals surface area (Å²) in [6, 6.07) is 18.4. The highest BCUT2D eigenvalue weighted by molar-refractivity contribution is 5.47. The molecule has 0 aliphatic heterocycles. The third kappa shape index (κ3) is 7.58. The van der Waals surface area contributed by atoms with Gasteiger partial charge in [-0.1, -0.05) is 30.3 Å². The van der Waals surface area contributed by atoms with Gasteiger partial charge >= 0.3 is 0 Å². The van der Waals surface area contributed by atoms with Crippen molar-refractivity contribution < 1.29 is 23.5 Å². The molecular formula is C23H24F2N2O4. The van der Waals surface area contributed by atoms with Crippen LogP contribution in [0.15, 0.2) is 66.7 Å². The fourth-order valence-electron chi connectivity index (χ4n) is 2.76. The standard InChI is InChI=1S/C15H14FNO3.C8H10FNO/c16-9-8-13-10-14(17(18)19)6-7-15(13)20-11-12-4-2-1-3-5-12;9-4-3-6-5-7(10)1-2-8(6)11/h1-7,10H,8-9,11H2;1-2,5,11H,3-4,10H2. The molecule has 8 heteroatoms. The number of nitrogens with zero attached hydrogens (tertiary/aromatic N) is 1. The Hall–Kier alpha value is -3.68. The summed E-state index contributed by atoms with van der Waals surface area (Å²) in [5, 5.41) is 19.9. The molecule has 0 aromatic heterocycles. The van der Waals surface area contributed by atoms with Crippen molar-refractivity contribution in [2.24, 2.45) is 0 Å². The van der Waals surface area contributed by atoms with Crippen molar-refractivity contribution in [1.82, 2.24) is 0 Å². The molecule has 3 rings (SSSR count). The number of non-ortho nitro benzene ring substituents is 1. The first kappa shape index (κ1) is 23.6. The van der Waals surface area contributed by atoms with Crippen molar-refractivity contribution in [1.29, 1.82) is 0 Å². The molecule has 0 aliphatic carbocycles. The zero-order valence-corrected chi connectivity index (χ0v) is 16.8. The normalized spacial score (nSPS) is 10.1. The molecule has 0 aliphatic rings. The molecule has 0 radical (unpaired) electrons. The number of benzene rings is 3. The van der Waals surface area contributed by atoms with Crippen LogP contribution in [0.3, 0.4) is 0 Å². The van der Waals surface area contributed by atoms with Gasteiger partial charge in [-0.25, -0.2) is 0 Å². The molecule has 3 aromatic carbocycles. The maximum Gasteiger partial charge on any atom is 0.269 e. The summed E-state index contributed by atoms with van der Waals surface area (Å²) >= 11 is 0. The van der Waals surface area contributed by atoms with Crippen LogP contribution in [0.5, 0.6) is 11.5 Å². The Morgan fingerprint density at radius 2 is 1.61 bits per heavy atom. The Kier molecular flexibility index (Phi) is 9.22. The Labute approximate surface area is 179 Å². The second-order valence-corrected chi connectivity index (χ2v) is 6.59. The van der Waals surface area contributed by atoms with Crippen LogP contribution in [0, 0.1) is 10.1 Å². The van der Waals surface area contributed by atoms with E-state index < -0.39 is 18.3 Å². The molecular weight excluding hydrogens is 406 g/mol. The van der Waals surface area contributed by atoms with E-state index in [1.54, 1.807) is 12.1 Å². The van der Waals surface area contributed by atoms with E-state index in [-0.39, 0.29) is 24.3 Å².